The lowest BCUT2D eigenvalue weighted by atomic mass is 10.1. The summed E-state index contributed by atoms with van der Waals surface area (Å²) in [7, 11) is -3.78. The number of benzene rings is 3. The van der Waals surface area contributed by atoms with Gasteiger partial charge in [-0.05, 0) is 66.9 Å². The minimum atomic E-state index is -3.78. The van der Waals surface area contributed by atoms with Crippen molar-refractivity contribution in [3.05, 3.63) is 101 Å². The van der Waals surface area contributed by atoms with E-state index in [-0.39, 0.29) is 4.90 Å². The third-order valence-electron chi connectivity index (χ3n) is 4.97. The molecule has 2 N–H and O–H groups in total. The van der Waals surface area contributed by atoms with Crippen molar-refractivity contribution in [2.24, 2.45) is 0 Å². The number of aromatic amines is 1. The lowest BCUT2D eigenvalue weighted by Gasteiger charge is -2.20. The molecule has 4 rings (SSSR count). The summed E-state index contributed by atoms with van der Waals surface area (Å²) in [5, 5.41) is 7.25. The number of hydrogen-bond acceptors (Lipinski definition) is 5. The molecule has 0 amide bonds. The van der Waals surface area contributed by atoms with Crippen LogP contribution in [0.15, 0.2) is 94.7 Å². The Morgan fingerprint density at radius 1 is 1.00 bits per heavy atom. The van der Waals surface area contributed by atoms with Crippen LogP contribution in [0.25, 0.3) is 5.69 Å². The fraction of sp³-hybridized carbons (Fsp3) is 0.130. The first-order valence-corrected chi connectivity index (χ1v) is 13.0. The standard InChI is InChI=1S/C23H22N4O2S3/c1-31-19-14-12-18(13-15-19)27-22(24-25-23(27)30)21(16-17-8-4-2-5-9-17)26-32(28,29)20-10-6-3-7-11-20/h2-15,21,26H,16H2,1H3,(H,25,30)/t21-/m1/s1. The second-order valence-electron chi connectivity index (χ2n) is 7.10. The highest BCUT2D eigenvalue weighted by atomic mass is 32.2. The largest absolute Gasteiger partial charge is 0.271 e. The Labute approximate surface area is 196 Å². The van der Waals surface area contributed by atoms with Gasteiger partial charge < -0.3 is 0 Å². The number of H-pyrrole nitrogens is 1. The molecule has 1 heterocycles. The van der Waals surface area contributed by atoms with Crippen molar-refractivity contribution in [3.63, 3.8) is 0 Å². The molecule has 3 aromatic carbocycles. The summed E-state index contributed by atoms with van der Waals surface area (Å²) < 4.78 is 31.3. The van der Waals surface area contributed by atoms with Crippen LogP contribution < -0.4 is 4.72 Å². The molecule has 0 aliphatic rings. The Morgan fingerprint density at radius 3 is 2.25 bits per heavy atom. The predicted molar refractivity (Wildman–Crippen MR) is 130 cm³/mol. The number of hydrogen-bond donors (Lipinski definition) is 2. The van der Waals surface area contributed by atoms with Gasteiger partial charge in [0.1, 0.15) is 0 Å². The summed E-state index contributed by atoms with van der Waals surface area (Å²) in [5.74, 6) is 0.496. The lowest BCUT2D eigenvalue weighted by molar-refractivity contribution is 0.538. The number of sulfonamides is 1. The van der Waals surface area contributed by atoms with Crippen molar-refractivity contribution < 1.29 is 8.42 Å². The molecule has 32 heavy (non-hydrogen) atoms. The maximum atomic E-state index is 13.2. The van der Waals surface area contributed by atoms with E-state index in [1.165, 1.54) is 0 Å². The summed E-state index contributed by atoms with van der Waals surface area (Å²) in [6.45, 7) is 0. The van der Waals surface area contributed by atoms with Gasteiger partial charge in [-0.1, -0.05) is 48.5 Å². The smallest absolute Gasteiger partial charge is 0.241 e. The van der Waals surface area contributed by atoms with Gasteiger partial charge in [-0.15, -0.1) is 11.8 Å². The van der Waals surface area contributed by atoms with Crippen LogP contribution in [0, 0.1) is 4.77 Å². The highest BCUT2D eigenvalue weighted by Gasteiger charge is 2.26. The van der Waals surface area contributed by atoms with Gasteiger partial charge in [0, 0.05) is 10.6 Å². The number of rotatable bonds is 8. The van der Waals surface area contributed by atoms with Gasteiger partial charge in [0.05, 0.1) is 10.9 Å². The van der Waals surface area contributed by atoms with Crippen LogP contribution in [-0.2, 0) is 16.4 Å². The van der Waals surface area contributed by atoms with Crippen molar-refractivity contribution in [2.45, 2.75) is 22.3 Å². The topological polar surface area (TPSA) is 79.8 Å². The van der Waals surface area contributed by atoms with Crippen molar-refractivity contribution in [1.29, 1.82) is 0 Å². The molecule has 0 aliphatic carbocycles. The first-order chi connectivity index (χ1) is 15.5. The molecule has 0 saturated carbocycles. The zero-order valence-electron chi connectivity index (χ0n) is 17.3. The molecule has 0 fully saturated rings. The lowest BCUT2D eigenvalue weighted by Crippen LogP contribution is -2.32. The third kappa shape index (κ3) is 5.02. The molecule has 0 unspecified atom stereocenters. The highest BCUT2D eigenvalue weighted by molar-refractivity contribution is 7.98. The Hall–Kier alpha value is -2.72. The van der Waals surface area contributed by atoms with E-state index in [1.807, 2.05) is 60.9 Å². The number of nitrogens with one attached hydrogen (secondary N) is 2. The molecule has 0 spiro atoms. The van der Waals surface area contributed by atoms with E-state index in [0.717, 1.165) is 16.1 Å². The van der Waals surface area contributed by atoms with E-state index in [0.29, 0.717) is 17.0 Å². The Bertz CT molecular complexity index is 1330. The molecule has 1 atom stereocenters. The zero-order valence-corrected chi connectivity index (χ0v) is 19.8. The van der Waals surface area contributed by atoms with E-state index in [4.69, 9.17) is 12.2 Å². The first kappa shape index (κ1) is 22.5. The second kappa shape index (κ2) is 9.83. The van der Waals surface area contributed by atoms with Crippen molar-refractivity contribution in [1.82, 2.24) is 19.5 Å². The molecule has 0 saturated heterocycles. The molecule has 0 bridgehead atoms. The van der Waals surface area contributed by atoms with E-state index >= 15 is 0 Å². The van der Waals surface area contributed by atoms with Crippen LogP contribution in [0.1, 0.15) is 17.4 Å². The van der Waals surface area contributed by atoms with Gasteiger partial charge in [0.15, 0.2) is 10.6 Å². The number of nitrogens with zero attached hydrogens (tertiary/aromatic N) is 2. The van der Waals surface area contributed by atoms with Crippen LogP contribution in [0.4, 0.5) is 0 Å². The molecule has 164 valence electrons. The monoisotopic (exact) mass is 482 g/mol. The fourth-order valence-electron chi connectivity index (χ4n) is 3.41. The first-order valence-electron chi connectivity index (χ1n) is 9.91. The van der Waals surface area contributed by atoms with E-state index in [1.54, 1.807) is 46.7 Å². The van der Waals surface area contributed by atoms with Crippen molar-refractivity contribution >= 4 is 34.0 Å². The van der Waals surface area contributed by atoms with Gasteiger partial charge in [-0.2, -0.15) is 5.10 Å². The van der Waals surface area contributed by atoms with Crippen LogP contribution in [0.2, 0.25) is 0 Å². The summed E-state index contributed by atoms with van der Waals surface area (Å²) in [6.07, 6.45) is 2.42. The van der Waals surface area contributed by atoms with Gasteiger partial charge in [-0.3, -0.25) is 9.67 Å². The SMILES string of the molecule is CSc1ccc(-n2c([C@@H](Cc3ccccc3)NS(=O)(=O)c3ccccc3)n[nH]c2=S)cc1. The van der Waals surface area contributed by atoms with Crippen molar-refractivity contribution in [2.75, 3.05) is 6.26 Å². The maximum Gasteiger partial charge on any atom is 0.241 e. The van der Waals surface area contributed by atoms with E-state index < -0.39 is 16.1 Å². The fourth-order valence-corrected chi connectivity index (χ4v) is 5.28. The molecule has 6 nitrogen and oxygen atoms in total. The summed E-state index contributed by atoms with van der Waals surface area (Å²) in [5.41, 5.74) is 1.79. The van der Waals surface area contributed by atoms with E-state index in [2.05, 4.69) is 14.9 Å². The summed E-state index contributed by atoms with van der Waals surface area (Å²) >= 11 is 7.14. The molecule has 1 aromatic heterocycles. The molecular formula is C23H22N4O2S3. The van der Waals surface area contributed by atoms with Gasteiger partial charge in [-0.25, -0.2) is 13.1 Å². The van der Waals surface area contributed by atoms with Crippen LogP contribution in [0.3, 0.4) is 0 Å². The van der Waals surface area contributed by atoms with Gasteiger partial charge >= 0.3 is 0 Å². The third-order valence-corrected chi connectivity index (χ3v) is 7.48. The van der Waals surface area contributed by atoms with Gasteiger partial charge in [0.2, 0.25) is 10.0 Å². The second-order valence-corrected chi connectivity index (χ2v) is 10.1. The molecule has 9 heteroatoms. The average molecular weight is 483 g/mol. The van der Waals surface area contributed by atoms with Gasteiger partial charge in [0.25, 0.3) is 0 Å². The molecular weight excluding hydrogens is 460 g/mol. The van der Waals surface area contributed by atoms with E-state index in [9.17, 15) is 8.42 Å². The quantitative estimate of drug-likeness (QED) is 0.275. The maximum absolute atomic E-state index is 13.2. The average Bonchev–Trinajstić information content (AvgIpc) is 3.21. The minimum Gasteiger partial charge on any atom is -0.271 e. The normalized spacial score (nSPS) is 12.5. The summed E-state index contributed by atoms with van der Waals surface area (Å²) in [4.78, 5) is 1.32. The summed E-state index contributed by atoms with van der Waals surface area (Å²) in [6, 6.07) is 25.3. The van der Waals surface area contributed by atoms with Crippen LogP contribution in [0.5, 0.6) is 0 Å². The number of aromatic nitrogens is 3. The predicted octanol–water partition coefficient (Wildman–Crippen LogP) is 4.91. The Balaban J connectivity index is 1.78. The molecule has 4 aromatic rings. The minimum absolute atomic E-state index is 0.197. The molecule has 0 radical (unpaired) electrons. The van der Waals surface area contributed by atoms with Crippen LogP contribution in [-0.4, -0.2) is 29.4 Å². The van der Waals surface area contributed by atoms with Crippen LogP contribution >= 0.6 is 24.0 Å². The van der Waals surface area contributed by atoms with Crippen molar-refractivity contribution in [3.8, 4) is 5.69 Å². The highest BCUT2D eigenvalue weighted by Crippen LogP contribution is 2.24. The molecule has 0 aliphatic heterocycles. The Morgan fingerprint density at radius 2 is 1.62 bits per heavy atom. The number of thioether (sulfide) groups is 1. The Kier molecular flexibility index (Phi) is 6.90. The zero-order chi connectivity index (χ0) is 22.6.